The Hall–Kier alpha value is -3.40. The van der Waals surface area contributed by atoms with Crippen molar-refractivity contribution in [2.24, 2.45) is 0 Å². The molecule has 4 heteroatoms. The molecule has 0 amide bonds. The molecule has 3 aromatic carbocycles. The number of nitrogen functional groups attached to an aromatic ring is 1. The van der Waals surface area contributed by atoms with E-state index in [9.17, 15) is 0 Å². The molecule has 2 N–H and O–H groups in total. The summed E-state index contributed by atoms with van der Waals surface area (Å²) >= 11 is 0. The van der Waals surface area contributed by atoms with Crippen LogP contribution in [0.4, 0.5) is 5.69 Å². The first-order valence-electron chi connectivity index (χ1n) is 7.83. The van der Waals surface area contributed by atoms with E-state index in [1.807, 2.05) is 60.7 Å². The third kappa shape index (κ3) is 1.80. The van der Waals surface area contributed by atoms with Gasteiger partial charge in [0.15, 0.2) is 0 Å². The quantitative estimate of drug-likeness (QED) is 0.470. The van der Waals surface area contributed by atoms with Gasteiger partial charge in [-0.1, -0.05) is 24.3 Å². The number of imidazole rings is 1. The number of fused-ring (bicyclic) bond motifs is 5. The number of rotatable bonds is 1. The van der Waals surface area contributed by atoms with E-state index in [-0.39, 0.29) is 0 Å². The van der Waals surface area contributed by atoms with Crippen LogP contribution in [0, 0.1) is 0 Å². The molecule has 4 nitrogen and oxygen atoms in total. The lowest BCUT2D eigenvalue weighted by molar-refractivity contribution is 1.16. The molecule has 0 aliphatic heterocycles. The van der Waals surface area contributed by atoms with Crippen molar-refractivity contribution >= 4 is 33.3 Å². The van der Waals surface area contributed by atoms with Crippen LogP contribution < -0.4 is 5.73 Å². The molecule has 0 radical (unpaired) electrons. The molecule has 24 heavy (non-hydrogen) atoms. The maximum absolute atomic E-state index is 5.84. The van der Waals surface area contributed by atoms with Gasteiger partial charge in [0, 0.05) is 16.6 Å². The van der Waals surface area contributed by atoms with Crippen LogP contribution in [0.25, 0.3) is 39.0 Å². The summed E-state index contributed by atoms with van der Waals surface area (Å²) in [5.41, 5.74) is 11.5. The topological polar surface area (TPSA) is 56.2 Å². The molecular formula is C20H14N4. The van der Waals surface area contributed by atoms with Gasteiger partial charge in [-0.2, -0.15) is 0 Å². The number of nitrogens with zero attached hydrogens (tertiary/aromatic N) is 3. The molecular weight excluding hydrogens is 296 g/mol. The van der Waals surface area contributed by atoms with Crippen LogP contribution in [0.3, 0.4) is 0 Å². The van der Waals surface area contributed by atoms with Gasteiger partial charge in [0.1, 0.15) is 11.5 Å². The SMILES string of the molecule is Nc1ccc(-c2nc3ccccc3c3nc4ccccc4n23)cc1. The average Bonchev–Trinajstić information content (AvgIpc) is 3.02. The Morgan fingerprint density at radius 2 is 1.42 bits per heavy atom. The van der Waals surface area contributed by atoms with Crippen LogP contribution >= 0.6 is 0 Å². The van der Waals surface area contributed by atoms with Crippen molar-refractivity contribution in [3.8, 4) is 11.4 Å². The largest absolute Gasteiger partial charge is 0.399 e. The highest BCUT2D eigenvalue weighted by atomic mass is 15.1. The standard InChI is InChI=1S/C20H14N4/c21-14-11-9-13(10-12-14)19-22-16-6-2-1-5-15(16)20-23-17-7-3-4-8-18(17)24(19)20/h1-12H,21H2. The zero-order chi connectivity index (χ0) is 16.1. The second kappa shape index (κ2) is 4.80. The van der Waals surface area contributed by atoms with Crippen molar-refractivity contribution in [2.45, 2.75) is 0 Å². The third-order valence-corrected chi connectivity index (χ3v) is 4.31. The normalized spacial score (nSPS) is 11.5. The molecule has 0 aliphatic rings. The van der Waals surface area contributed by atoms with Gasteiger partial charge >= 0.3 is 0 Å². The highest BCUT2D eigenvalue weighted by Gasteiger charge is 2.14. The van der Waals surface area contributed by atoms with Gasteiger partial charge in [0.2, 0.25) is 0 Å². The molecule has 0 saturated carbocycles. The fourth-order valence-corrected chi connectivity index (χ4v) is 3.17. The molecule has 5 rings (SSSR count). The second-order valence-electron chi connectivity index (χ2n) is 5.83. The van der Waals surface area contributed by atoms with Crippen LogP contribution in [0.15, 0.2) is 72.8 Å². The van der Waals surface area contributed by atoms with Crippen LogP contribution in [-0.2, 0) is 0 Å². The van der Waals surface area contributed by atoms with Gasteiger partial charge in [0.25, 0.3) is 0 Å². The smallest absolute Gasteiger partial charge is 0.149 e. The van der Waals surface area contributed by atoms with Crippen molar-refractivity contribution in [1.29, 1.82) is 0 Å². The summed E-state index contributed by atoms with van der Waals surface area (Å²) in [6, 6.07) is 24.1. The minimum atomic E-state index is 0.742. The zero-order valence-electron chi connectivity index (χ0n) is 12.8. The summed E-state index contributed by atoms with van der Waals surface area (Å²) in [6.07, 6.45) is 0. The Morgan fingerprint density at radius 1 is 0.708 bits per heavy atom. The molecule has 0 atom stereocenters. The molecule has 0 fully saturated rings. The van der Waals surface area contributed by atoms with E-state index in [1.165, 1.54) is 0 Å². The zero-order valence-corrected chi connectivity index (χ0v) is 12.8. The molecule has 5 aromatic rings. The van der Waals surface area contributed by atoms with Gasteiger partial charge < -0.3 is 5.73 Å². The van der Waals surface area contributed by atoms with Gasteiger partial charge in [-0.25, -0.2) is 9.97 Å². The molecule has 2 aromatic heterocycles. The Kier molecular flexibility index (Phi) is 2.61. The van der Waals surface area contributed by atoms with Gasteiger partial charge in [-0.05, 0) is 48.5 Å². The predicted octanol–water partition coefficient (Wildman–Crippen LogP) is 4.28. The number of aromatic nitrogens is 3. The van der Waals surface area contributed by atoms with Crippen molar-refractivity contribution in [3.63, 3.8) is 0 Å². The number of nitrogens with two attached hydrogens (primary N) is 1. The molecule has 0 bridgehead atoms. The van der Waals surface area contributed by atoms with E-state index in [0.29, 0.717) is 0 Å². The van der Waals surface area contributed by atoms with E-state index < -0.39 is 0 Å². The second-order valence-corrected chi connectivity index (χ2v) is 5.83. The number of hydrogen-bond donors (Lipinski definition) is 1. The lowest BCUT2D eigenvalue weighted by Crippen LogP contribution is -1.98. The number of anilines is 1. The lowest BCUT2D eigenvalue weighted by atomic mass is 10.1. The molecule has 0 unspecified atom stereocenters. The van der Waals surface area contributed by atoms with Crippen LogP contribution in [-0.4, -0.2) is 14.4 Å². The van der Waals surface area contributed by atoms with E-state index >= 15 is 0 Å². The molecule has 0 aliphatic carbocycles. The van der Waals surface area contributed by atoms with E-state index in [2.05, 4.69) is 16.5 Å². The summed E-state index contributed by atoms with van der Waals surface area (Å²) in [5, 5.41) is 1.05. The number of para-hydroxylation sites is 3. The van der Waals surface area contributed by atoms with E-state index in [4.69, 9.17) is 15.7 Å². The van der Waals surface area contributed by atoms with Crippen molar-refractivity contribution in [3.05, 3.63) is 72.8 Å². The molecule has 2 heterocycles. The minimum Gasteiger partial charge on any atom is -0.399 e. The number of benzene rings is 3. The van der Waals surface area contributed by atoms with E-state index in [0.717, 1.165) is 44.7 Å². The number of hydrogen-bond acceptors (Lipinski definition) is 3. The Labute approximate surface area is 138 Å². The van der Waals surface area contributed by atoms with Crippen molar-refractivity contribution in [1.82, 2.24) is 14.4 Å². The summed E-state index contributed by atoms with van der Waals surface area (Å²) in [5.74, 6) is 0.873. The lowest BCUT2D eigenvalue weighted by Gasteiger charge is -2.09. The Morgan fingerprint density at radius 3 is 2.25 bits per heavy atom. The fourth-order valence-electron chi connectivity index (χ4n) is 3.17. The first-order valence-corrected chi connectivity index (χ1v) is 7.83. The first-order chi connectivity index (χ1) is 11.8. The summed E-state index contributed by atoms with van der Waals surface area (Å²) in [4.78, 5) is 9.75. The maximum Gasteiger partial charge on any atom is 0.149 e. The predicted molar refractivity (Wildman–Crippen MR) is 97.8 cm³/mol. The minimum absolute atomic E-state index is 0.742. The highest BCUT2D eigenvalue weighted by Crippen LogP contribution is 2.29. The van der Waals surface area contributed by atoms with Crippen LogP contribution in [0.1, 0.15) is 0 Å². The first kappa shape index (κ1) is 13.1. The van der Waals surface area contributed by atoms with Crippen molar-refractivity contribution in [2.75, 3.05) is 5.73 Å². The maximum atomic E-state index is 5.84. The monoisotopic (exact) mass is 310 g/mol. The van der Waals surface area contributed by atoms with Gasteiger partial charge in [0.05, 0.1) is 16.6 Å². The van der Waals surface area contributed by atoms with E-state index in [1.54, 1.807) is 0 Å². The van der Waals surface area contributed by atoms with Gasteiger partial charge in [-0.15, -0.1) is 0 Å². The molecule has 0 saturated heterocycles. The van der Waals surface area contributed by atoms with Crippen LogP contribution in [0.5, 0.6) is 0 Å². The van der Waals surface area contributed by atoms with Crippen LogP contribution in [0.2, 0.25) is 0 Å². The van der Waals surface area contributed by atoms with Crippen molar-refractivity contribution < 1.29 is 0 Å². The average molecular weight is 310 g/mol. The fraction of sp³-hybridized carbons (Fsp3) is 0. The summed E-state index contributed by atoms with van der Waals surface area (Å²) in [6.45, 7) is 0. The molecule has 114 valence electrons. The highest BCUT2D eigenvalue weighted by molar-refractivity contribution is 5.98. The Balaban J connectivity index is 2.01. The third-order valence-electron chi connectivity index (χ3n) is 4.31. The van der Waals surface area contributed by atoms with Gasteiger partial charge in [-0.3, -0.25) is 4.40 Å². The summed E-state index contributed by atoms with van der Waals surface area (Å²) < 4.78 is 2.13. The molecule has 0 spiro atoms. The Bertz CT molecular complexity index is 1200. The summed E-state index contributed by atoms with van der Waals surface area (Å²) in [7, 11) is 0.